The molecular weight excluding hydrogens is 310 g/mol. The Morgan fingerprint density at radius 2 is 1.72 bits per heavy atom. The minimum absolute atomic E-state index is 0.0946. The first-order valence-electron chi connectivity index (χ1n) is 9.10. The van der Waals surface area contributed by atoms with Gasteiger partial charge in [0.2, 0.25) is 5.91 Å². The Hall–Kier alpha value is -2.13. The first-order valence-corrected chi connectivity index (χ1v) is 9.10. The van der Waals surface area contributed by atoms with E-state index in [0.29, 0.717) is 12.5 Å². The minimum atomic E-state index is 0.0946. The summed E-state index contributed by atoms with van der Waals surface area (Å²) in [5, 5.41) is 0. The number of carbonyl (C=O) groups is 1. The minimum Gasteiger partial charge on any atom is -0.381 e. The van der Waals surface area contributed by atoms with Crippen LogP contribution in [0.15, 0.2) is 54.6 Å². The molecule has 1 saturated heterocycles. The van der Waals surface area contributed by atoms with Crippen LogP contribution in [0.2, 0.25) is 0 Å². The van der Waals surface area contributed by atoms with Crippen LogP contribution in [0.1, 0.15) is 41.9 Å². The zero-order valence-electron chi connectivity index (χ0n) is 15.2. The highest BCUT2D eigenvalue weighted by molar-refractivity contribution is 5.78. The lowest BCUT2D eigenvalue weighted by Crippen LogP contribution is -2.41. The Morgan fingerprint density at radius 1 is 1.08 bits per heavy atom. The molecule has 0 spiro atoms. The number of carbonyl (C=O) groups excluding carboxylic acids is 1. The fraction of sp³-hybridized carbons (Fsp3) is 0.409. The monoisotopic (exact) mass is 337 g/mol. The summed E-state index contributed by atoms with van der Waals surface area (Å²) in [6.45, 7) is 3.63. The third-order valence-electron chi connectivity index (χ3n) is 5.28. The van der Waals surface area contributed by atoms with Crippen molar-refractivity contribution >= 4 is 5.91 Å². The van der Waals surface area contributed by atoms with Crippen molar-refractivity contribution in [1.29, 1.82) is 0 Å². The van der Waals surface area contributed by atoms with E-state index >= 15 is 0 Å². The van der Waals surface area contributed by atoms with Crippen LogP contribution in [0.5, 0.6) is 0 Å². The quantitative estimate of drug-likeness (QED) is 0.820. The maximum Gasteiger partial charge on any atom is 0.223 e. The van der Waals surface area contributed by atoms with Crippen LogP contribution in [0.4, 0.5) is 0 Å². The molecule has 0 bridgehead atoms. The highest BCUT2D eigenvalue weighted by Crippen LogP contribution is 2.31. The molecule has 2 aromatic rings. The van der Waals surface area contributed by atoms with Gasteiger partial charge in [0.15, 0.2) is 0 Å². The van der Waals surface area contributed by atoms with Crippen molar-refractivity contribution in [2.24, 2.45) is 0 Å². The van der Waals surface area contributed by atoms with Crippen molar-refractivity contribution < 1.29 is 9.53 Å². The molecule has 3 rings (SSSR count). The van der Waals surface area contributed by atoms with Crippen LogP contribution >= 0.6 is 0 Å². The van der Waals surface area contributed by atoms with Gasteiger partial charge in [-0.2, -0.15) is 0 Å². The van der Waals surface area contributed by atoms with Crippen LogP contribution in [-0.4, -0.2) is 37.1 Å². The third kappa shape index (κ3) is 4.29. The van der Waals surface area contributed by atoms with Crippen LogP contribution < -0.4 is 0 Å². The average Bonchev–Trinajstić information content (AvgIpc) is 2.67. The van der Waals surface area contributed by atoms with E-state index in [1.807, 2.05) is 30.1 Å². The molecule has 1 aliphatic rings. The van der Waals surface area contributed by atoms with E-state index in [2.05, 4.69) is 43.3 Å². The molecule has 0 radical (unpaired) electrons. The van der Waals surface area contributed by atoms with Gasteiger partial charge in [0.05, 0.1) is 0 Å². The number of nitrogens with zero attached hydrogens (tertiary/aromatic N) is 1. The molecule has 3 nitrogen and oxygen atoms in total. The number of ether oxygens (including phenoxy) is 1. The van der Waals surface area contributed by atoms with Crippen molar-refractivity contribution in [1.82, 2.24) is 4.90 Å². The lowest BCUT2D eigenvalue weighted by Gasteiger charge is -2.32. The number of hydrogen-bond donors (Lipinski definition) is 0. The van der Waals surface area contributed by atoms with Gasteiger partial charge >= 0.3 is 0 Å². The van der Waals surface area contributed by atoms with E-state index < -0.39 is 0 Å². The predicted molar refractivity (Wildman–Crippen MR) is 101 cm³/mol. The van der Waals surface area contributed by atoms with Gasteiger partial charge in [-0.15, -0.1) is 0 Å². The van der Waals surface area contributed by atoms with Crippen LogP contribution in [-0.2, 0) is 9.53 Å². The molecule has 0 aromatic heterocycles. The summed E-state index contributed by atoms with van der Waals surface area (Å²) >= 11 is 0. The van der Waals surface area contributed by atoms with Gasteiger partial charge < -0.3 is 9.64 Å². The van der Waals surface area contributed by atoms with Crippen molar-refractivity contribution in [3.8, 4) is 0 Å². The summed E-state index contributed by atoms with van der Waals surface area (Å²) in [4.78, 5) is 14.9. The van der Waals surface area contributed by atoms with E-state index in [4.69, 9.17) is 4.74 Å². The van der Waals surface area contributed by atoms with Gasteiger partial charge in [0.1, 0.15) is 0 Å². The lowest BCUT2D eigenvalue weighted by molar-refractivity contribution is -0.133. The predicted octanol–water partition coefficient (Wildman–Crippen LogP) is 4.15. The summed E-state index contributed by atoms with van der Waals surface area (Å²) in [7, 11) is 1.94. The zero-order chi connectivity index (χ0) is 17.6. The molecule has 0 unspecified atom stereocenters. The van der Waals surface area contributed by atoms with E-state index in [0.717, 1.165) is 26.1 Å². The molecule has 1 heterocycles. The second-order valence-electron chi connectivity index (χ2n) is 6.87. The molecule has 1 amide bonds. The second-order valence-corrected chi connectivity index (χ2v) is 6.87. The number of benzene rings is 2. The fourth-order valence-corrected chi connectivity index (χ4v) is 3.67. The Balaban J connectivity index is 1.83. The SMILES string of the molecule is Cc1ccccc1[C@@H](CC(=O)N(C)C1CCOCC1)c1ccccc1. The average molecular weight is 337 g/mol. The zero-order valence-corrected chi connectivity index (χ0v) is 15.2. The van der Waals surface area contributed by atoms with Crippen LogP contribution in [0.25, 0.3) is 0 Å². The Bertz CT molecular complexity index is 692. The topological polar surface area (TPSA) is 29.5 Å². The molecule has 132 valence electrons. The number of amides is 1. The summed E-state index contributed by atoms with van der Waals surface area (Å²) in [6.07, 6.45) is 2.37. The van der Waals surface area contributed by atoms with E-state index in [9.17, 15) is 4.79 Å². The number of hydrogen-bond acceptors (Lipinski definition) is 2. The van der Waals surface area contributed by atoms with E-state index in [1.54, 1.807) is 0 Å². The summed E-state index contributed by atoms with van der Waals surface area (Å²) < 4.78 is 5.43. The summed E-state index contributed by atoms with van der Waals surface area (Å²) in [6, 6.07) is 19.1. The molecule has 25 heavy (non-hydrogen) atoms. The van der Waals surface area contributed by atoms with Crippen molar-refractivity contribution in [3.63, 3.8) is 0 Å². The van der Waals surface area contributed by atoms with E-state index in [1.165, 1.54) is 16.7 Å². The normalized spacial score (nSPS) is 16.4. The molecule has 2 aromatic carbocycles. The van der Waals surface area contributed by atoms with Crippen LogP contribution in [0.3, 0.4) is 0 Å². The third-order valence-corrected chi connectivity index (χ3v) is 5.28. The molecule has 0 saturated carbocycles. The summed E-state index contributed by atoms with van der Waals surface area (Å²) in [5.74, 6) is 0.307. The first kappa shape index (κ1) is 17.7. The highest BCUT2D eigenvalue weighted by atomic mass is 16.5. The lowest BCUT2D eigenvalue weighted by atomic mass is 9.85. The van der Waals surface area contributed by atoms with Gasteiger partial charge in [0, 0.05) is 38.6 Å². The Morgan fingerprint density at radius 3 is 2.40 bits per heavy atom. The van der Waals surface area contributed by atoms with Crippen molar-refractivity contribution in [3.05, 3.63) is 71.3 Å². The van der Waals surface area contributed by atoms with Gasteiger partial charge in [-0.1, -0.05) is 54.6 Å². The Kier molecular flexibility index (Phi) is 5.87. The van der Waals surface area contributed by atoms with Gasteiger partial charge in [-0.25, -0.2) is 0 Å². The largest absolute Gasteiger partial charge is 0.381 e. The standard InChI is InChI=1S/C22H27NO2/c1-17-8-6-7-11-20(17)21(18-9-4-3-5-10-18)16-22(24)23(2)19-12-14-25-15-13-19/h3-11,19,21H,12-16H2,1-2H3/t21-/m0/s1. The molecule has 0 N–H and O–H groups in total. The number of rotatable bonds is 5. The first-order chi connectivity index (χ1) is 12.2. The van der Waals surface area contributed by atoms with E-state index in [-0.39, 0.29) is 11.8 Å². The summed E-state index contributed by atoms with van der Waals surface area (Å²) in [5.41, 5.74) is 3.67. The van der Waals surface area contributed by atoms with Gasteiger partial charge in [-0.05, 0) is 36.5 Å². The molecule has 3 heteroatoms. The maximum atomic E-state index is 13.0. The molecule has 1 aliphatic heterocycles. The van der Waals surface area contributed by atoms with Crippen LogP contribution in [0, 0.1) is 6.92 Å². The maximum absolute atomic E-state index is 13.0. The molecular formula is C22H27NO2. The fourth-order valence-electron chi connectivity index (χ4n) is 3.67. The van der Waals surface area contributed by atoms with Crippen molar-refractivity contribution in [2.75, 3.05) is 20.3 Å². The van der Waals surface area contributed by atoms with Gasteiger partial charge in [0.25, 0.3) is 0 Å². The van der Waals surface area contributed by atoms with Crippen molar-refractivity contribution in [2.45, 2.75) is 38.1 Å². The van der Waals surface area contributed by atoms with Gasteiger partial charge in [-0.3, -0.25) is 4.79 Å². The molecule has 0 aliphatic carbocycles. The second kappa shape index (κ2) is 8.30. The molecule has 1 fully saturated rings. The highest BCUT2D eigenvalue weighted by Gasteiger charge is 2.26. The Labute approximate surface area is 150 Å². The number of aryl methyl sites for hydroxylation is 1. The molecule has 1 atom stereocenters. The smallest absolute Gasteiger partial charge is 0.223 e.